The lowest BCUT2D eigenvalue weighted by Crippen LogP contribution is -2.17. The summed E-state index contributed by atoms with van der Waals surface area (Å²) in [6.45, 7) is 4.94. The normalized spacial score (nSPS) is 14.5. The highest BCUT2D eigenvalue weighted by atomic mass is 16.5. The van der Waals surface area contributed by atoms with Crippen LogP contribution in [0.4, 0.5) is 0 Å². The van der Waals surface area contributed by atoms with Gasteiger partial charge in [-0.25, -0.2) is 9.97 Å². The van der Waals surface area contributed by atoms with E-state index < -0.39 is 0 Å². The molecular formula is C14H23N3O3. The highest BCUT2D eigenvalue weighted by molar-refractivity contribution is 5.17. The minimum absolute atomic E-state index is 0.410. The summed E-state index contributed by atoms with van der Waals surface area (Å²) in [4.78, 5) is 8.57. The maximum absolute atomic E-state index is 5.45. The molecule has 1 fully saturated rings. The molecule has 1 heterocycles. The van der Waals surface area contributed by atoms with Crippen LogP contribution >= 0.6 is 0 Å². The lowest BCUT2D eigenvalue weighted by atomic mass is 10.2. The van der Waals surface area contributed by atoms with Crippen LogP contribution in [0.15, 0.2) is 6.20 Å². The molecule has 0 aliphatic heterocycles. The fraction of sp³-hybridized carbons (Fsp3) is 0.714. The van der Waals surface area contributed by atoms with Crippen molar-refractivity contribution in [2.75, 3.05) is 33.5 Å². The Morgan fingerprint density at radius 3 is 2.75 bits per heavy atom. The third-order valence-electron chi connectivity index (χ3n) is 3.11. The summed E-state index contributed by atoms with van der Waals surface area (Å²) in [7, 11) is 1.65. The summed E-state index contributed by atoms with van der Waals surface area (Å²) in [5, 5.41) is 3.45. The van der Waals surface area contributed by atoms with Gasteiger partial charge in [-0.1, -0.05) is 0 Å². The molecule has 1 aliphatic rings. The lowest BCUT2D eigenvalue weighted by Gasteiger charge is -2.09. The quantitative estimate of drug-likeness (QED) is 0.647. The highest BCUT2D eigenvalue weighted by Gasteiger charge is 2.20. The van der Waals surface area contributed by atoms with E-state index >= 15 is 0 Å². The molecule has 20 heavy (non-hydrogen) atoms. The fourth-order valence-electron chi connectivity index (χ4n) is 1.69. The largest absolute Gasteiger partial charge is 0.461 e. The van der Waals surface area contributed by atoms with Gasteiger partial charge in [0.25, 0.3) is 0 Å². The first-order chi connectivity index (χ1) is 9.79. The van der Waals surface area contributed by atoms with Crippen molar-refractivity contribution < 1.29 is 14.2 Å². The second-order valence-electron chi connectivity index (χ2n) is 4.87. The van der Waals surface area contributed by atoms with Crippen LogP contribution in [0.3, 0.4) is 0 Å². The van der Waals surface area contributed by atoms with Crippen molar-refractivity contribution in [3.05, 3.63) is 17.5 Å². The molecule has 112 valence electrons. The van der Waals surface area contributed by atoms with E-state index in [1.54, 1.807) is 7.11 Å². The van der Waals surface area contributed by atoms with Crippen molar-refractivity contribution in [2.24, 2.45) is 0 Å². The van der Waals surface area contributed by atoms with E-state index in [2.05, 4.69) is 15.3 Å². The average molecular weight is 281 g/mol. The summed E-state index contributed by atoms with van der Waals surface area (Å²) in [6.07, 6.45) is 4.40. The van der Waals surface area contributed by atoms with Gasteiger partial charge in [-0.15, -0.1) is 0 Å². The van der Waals surface area contributed by atoms with Gasteiger partial charge < -0.3 is 19.5 Å². The second kappa shape index (κ2) is 8.14. The second-order valence-corrected chi connectivity index (χ2v) is 4.87. The molecule has 0 unspecified atom stereocenters. The monoisotopic (exact) mass is 281 g/mol. The first kappa shape index (κ1) is 15.2. The number of nitrogens with zero attached hydrogens (tertiary/aromatic N) is 2. The summed E-state index contributed by atoms with van der Waals surface area (Å²) in [5.41, 5.74) is 2.09. The maximum Gasteiger partial charge on any atom is 0.316 e. The van der Waals surface area contributed by atoms with E-state index in [1.807, 2.05) is 13.1 Å². The molecule has 1 aromatic rings. The molecule has 6 heteroatoms. The molecule has 1 saturated carbocycles. The summed E-state index contributed by atoms with van der Waals surface area (Å²) in [6, 6.07) is 1.10. The molecule has 0 saturated heterocycles. The number of hydrogen-bond donors (Lipinski definition) is 1. The first-order valence-corrected chi connectivity index (χ1v) is 7.05. The van der Waals surface area contributed by atoms with Gasteiger partial charge in [0.1, 0.15) is 6.61 Å². The zero-order valence-corrected chi connectivity index (χ0v) is 12.2. The van der Waals surface area contributed by atoms with E-state index in [9.17, 15) is 0 Å². The number of rotatable bonds is 10. The van der Waals surface area contributed by atoms with Crippen LogP contribution in [-0.4, -0.2) is 49.5 Å². The van der Waals surface area contributed by atoms with Gasteiger partial charge in [0, 0.05) is 37.2 Å². The zero-order valence-electron chi connectivity index (χ0n) is 12.2. The van der Waals surface area contributed by atoms with Crippen molar-refractivity contribution in [1.29, 1.82) is 0 Å². The Balaban J connectivity index is 1.67. The van der Waals surface area contributed by atoms with Crippen LogP contribution in [0.2, 0.25) is 0 Å². The topological polar surface area (TPSA) is 65.5 Å². The van der Waals surface area contributed by atoms with Gasteiger partial charge in [0.2, 0.25) is 0 Å². The molecule has 0 aromatic carbocycles. The third kappa shape index (κ3) is 5.40. The van der Waals surface area contributed by atoms with Crippen molar-refractivity contribution in [1.82, 2.24) is 15.3 Å². The van der Waals surface area contributed by atoms with E-state index in [0.717, 1.165) is 17.8 Å². The smallest absolute Gasteiger partial charge is 0.316 e. The highest BCUT2D eigenvalue weighted by Crippen LogP contribution is 2.19. The molecule has 1 N–H and O–H groups in total. The Hall–Kier alpha value is -1.24. The number of hydrogen-bond acceptors (Lipinski definition) is 6. The standard InChI is InChI=1S/C14H23N3O3/c1-11-12(9-15-13-3-4-13)10-16-14(17-11)20-8-7-19-6-5-18-2/h10,13,15H,3-9H2,1-2H3. The van der Waals surface area contributed by atoms with Crippen LogP contribution in [0.1, 0.15) is 24.1 Å². The van der Waals surface area contributed by atoms with E-state index in [1.165, 1.54) is 12.8 Å². The molecule has 1 aromatic heterocycles. The molecule has 2 rings (SSSR count). The summed E-state index contributed by atoms with van der Waals surface area (Å²) >= 11 is 0. The number of methoxy groups -OCH3 is 1. The molecule has 6 nitrogen and oxygen atoms in total. The minimum Gasteiger partial charge on any atom is -0.461 e. The van der Waals surface area contributed by atoms with Crippen LogP contribution < -0.4 is 10.1 Å². The molecular weight excluding hydrogens is 258 g/mol. The Morgan fingerprint density at radius 1 is 1.25 bits per heavy atom. The summed E-state index contributed by atoms with van der Waals surface area (Å²) in [5.74, 6) is 0. The fourth-order valence-corrected chi connectivity index (χ4v) is 1.69. The van der Waals surface area contributed by atoms with Crippen molar-refractivity contribution >= 4 is 0 Å². The first-order valence-electron chi connectivity index (χ1n) is 7.05. The predicted molar refractivity (Wildman–Crippen MR) is 74.8 cm³/mol. The maximum atomic E-state index is 5.45. The summed E-state index contributed by atoms with van der Waals surface area (Å²) < 4.78 is 15.6. The Bertz CT molecular complexity index is 411. The van der Waals surface area contributed by atoms with Crippen LogP contribution in [0.5, 0.6) is 6.01 Å². The average Bonchev–Trinajstić information content (AvgIpc) is 3.26. The number of aryl methyl sites for hydroxylation is 1. The van der Waals surface area contributed by atoms with E-state index in [0.29, 0.717) is 38.5 Å². The van der Waals surface area contributed by atoms with Crippen molar-refractivity contribution in [3.8, 4) is 6.01 Å². The lowest BCUT2D eigenvalue weighted by molar-refractivity contribution is 0.0528. The third-order valence-corrected chi connectivity index (χ3v) is 3.11. The van der Waals surface area contributed by atoms with E-state index in [4.69, 9.17) is 14.2 Å². The molecule has 0 spiro atoms. The number of ether oxygens (including phenoxy) is 3. The van der Waals surface area contributed by atoms with Crippen LogP contribution in [-0.2, 0) is 16.0 Å². The van der Waals surface area contributed by atoms with Gasteiger partial charge in [-0.3, -0.25) is 0 Å². The van der Waals surface area contributed by atoms with Gasteiger partial charge in [0.05, 0.1) is 19.8 Å². The SMILES string of the molecule is COCCOCCOc1ncc(CNC2CC2)c(C)n1. The van der Waals surface area contributed by atoms with Crippen LogP contribution in [0, 0.1) is 6.92 Å². The zero-order chi connectivity index (χ0) is 14.2. The molecule has 0 radical (unpaired) electrons. The Labute approximate surface area is 119 Å². The van der Waals surface area contributed by atoms with Crippen molar-refractivity contribution in [2.45, 2.75) is 32.4 Å². The molecule has 0 bridgehead atoms. The van der Waals surface area contributed by atoms with E-state index in [-0.39, 0.29) is 0 Å². The van der Waals surface area contributed by atoms with Gasteiger partial charge >= 0.3 is 6.01 Å². The molecule has 0 amide bonds. The van der Waals surface area contributed by atoms with Gasteiger partial charge in [-0.05, 0) is 19.8 Å². The predicted octanol–water partition coefficient (Wildman–Crippen LogP) is 1.08. The van der Waals surface area contributed by atoms with Gasteiger partial charge in [-0.2, -0.15) is 0 Å². The van der Waals surface area contributed by atoms with Gasteiger partial charge in [0.15, 0.2) is 0 Å². The molecule has 0 atom stereocenters. The Morgan fingerprint density at radius 2 is 2.05 bits per heavy atom. The molecule has 1 aliphatic carbocycles. The Kier molecular flexibility index (Phi) is 6.17. The minimum atomic E-state index is 0.410. The number of nitrogens with one attached hydrogen (secondary N) is 1. The van der Waals surface area contributed by atoms with Crippen LogP contribution in [0.25, 0.3) is 0 Å². The number of aromatic nitrogens is 2. The van der Waals surface area contributed by atoms with Crippen molar-refractivity contribution in [3.63, 3.8) is 0 Å².